The van der Waals surface area contributed by atoms with E-state index in [9.17, 15) is 13.6 Å². The molecule has 0 saturated carbocycles. The van der Waals surface area contributed by atoms with Crippen LogP contribution in [0.2, 0.25) is 0 Å². The molecule has 0 unspecified atom stereocenters. The highest BCUT2D eigenvalue weighted by Crippen LogP contribution is 2.31. The van der Waals surface area contributed by atoms with Crippen molar-refractivity contribution in [1.82, 2.24) is 20.1 Å². The van der Waals surface area contributed by atoms with Gasteiger partial charge in [-0.3, -0.25) is 0 Å². The molecule has 0 radical (unpaired) electrons. The third kappa shape index (κ3) is 7.01. The van der Waals surface area contributed by atoms with E-state index in [4.69, 9.17) is 21.1 Å². The van der Waals surface area contributed by atoms with Gasteiger partial charge in [-0.15, -0.1) is 19.0 Å². The number of carboxylic acid groups (broad SMARTS) is 1. The Morgan fingerprint density at radius 3 is 2.58 bits per heavy atom. The van der Waals surface area contributed by atoms with Crippen LogP contribution >= 0.6 is 11.6 Å². The molecule has 1 aromatic carbocycles. The summed E-state index contributed by atoms with van der Waals surface area (Å²) in [6.07, 6.45) is 0.920. The molecule has 33 heavy (non-hydrogen) atoms. The van der Waals surface area contributed by atoms with Crippen LogP contribution < -0.4 is 10.1 Å². The molecular formula is C21H22ClF2N5O4. The zero-order valence-electron chi connectivity index (χ0n) is 18.1. The number of anilines is 2. The van der Waals surface area contributed by atoms with Gasteiger partial charge in [0.15, 0.2) is 0 Å². The number of aromatic nitrogens is 3. The summed E-state index contributed by atoms with van der Waals surface area (Å²) >= 11 is 4.77. The minimum atomic E-state index is -3.80. The summed E-state index contributed by atoms with van der Waals surface area (Å²) in [4.78, 5) is 16.6. The molecule has 0 aliphatic heterocycles. The summed E-state index contributed by atoms with van der Waals surface area (Å²) in [6.45, 7) is 4.09. The number of hydrogen-bond acceptors (Lipinski definition) is 7. The lowest BCUT2D eigenvalue weighted by atomic mass is 9.89. The number of nitrogens with one attached hydrogen (secondary N) is 1. The molecule has 0 bridgehead atoms. The molecule has 1 amide bonds. The maximum atomic E-state index is 12.8. The lowest BCUT2D eigenvalue weighted by Gasteiger charge is -2.27. The first kappa shape index (κ1) is 24.2. The number of alkyl halides is 3. The number of amides is 1. The molecule has 2 heterocycles. The number of benzene rings is 1. The highest BCUT2D eigenvalue weighted by atomic mass is 35.5. The van der Waals surface area contributed by atoms with E-state index in [0.717, 1.165) is 0 Å². The molecule has 176 valence electrons. The zero-order chi connectivity index (χ0) is 24.2. The van der Waals surface area contributed by atoms with Crippen molar-refractivity contribution in [2.45, 2.75) is 25.8 Å². The summed E-state index contributed by atoms with van der Waals surface area (Å²) in [5, 5.41) is 20.3. The van der Waals surface area contributed by atoms with E-state index in [1.807, 2.05) is 13.8 Å². The highest BCUT2D eigenvalue weighted by Gasteiger charge is 2.28. The lowest BCUT2D eigenvalue weighted by Crippen LogP contribution is -2.36. The van der Waals surface area contributed by atoms with Gasteiger partial charge in [0.2, 0.25) is 5.89 Å². The van der Waals surface area contributed by atoms with Crippen LogP contribution in [-0.2, 0) is 6.42 Å². The van der Waals surface area contributed by atoms with Gasteiger partial charge in [-0.25, -0.2) is 9.78 Å². The molecular weight excluding hydrogens is 460 g/mol. The number of hydrogen-bond donors (Lipinski definition) is 2. The number of halogens is 3. The summed E-state index contributed by atoms with van der Waals surface area (Å²) in [6, 6.07) is 9.16. The van der Waals surface area contributed by atoms with Gasteiger partial charge in [-0.05, 0) is 41.8 Å². The standard InChI is InChI=1S/C21H22ClF2N5O4/c1-20(2,12-29(3)19(30)31)11-16-27-28-18(32-16)15-5-4-10-25-17(15)26-13-6-8-14(9-7-13)33-21(22,23)24/h4-10H,11-12H2,1-3H3,(H,25,26)(H,30,31). The topological polar surface area (TPSA) is 114 Å². The van der Waals surface area contributed by atoms with Crippen LogP contribution in [0.1, 0.15) is 19.7 Å². The van der Waals surface area contributed by atoms with E-state index in [0.29, 0.717) is 29.4 Å². The van der Waals surface area contributed by atoms with Crippen LogP contribution in [0, 0.1) is 5.41 Å². The SMILES string of the molecule is CN(CC(C)(C)Cc1nnc(-c2cccnc2Nc2ccc(OC(F)(F)Cl)cc2)o1)C(=O)O. The Morgan fingerprint density at radius 1 is 1.24 bits per heavy atom. The lowest BCUT2D eigenvalue weighted by molar-refractivity contribution is -0.0964. The van der Waals surface area contributed by atoms with Gasteiger partial charge in [0.05, 0.1) is 5.56 Å². The van der Waals surface area contributed by atoms with Crippen molar-refractivity contribution in [1.29, 1.82) is 0 Å². The second-order valence-corrected chi connectivity index (χ2v) is 8.52. The van der Waals surface area contributed by atoms with Crippen molar-refractivity contribution >= 4 is 29.2 Å². The van der Waals surface area contributed by atoms with Crippen molar-refractivity contribution in [3.63, 3.8) is 0 Å². The van der Waals surface area contributed by atoms with Gasteiger partial charge in [-0.2, -0.15) is 0 Å². The summed E-state index contributed by atoms with van der Waals surface area (Å²) in [7, 11) is 1.50. The van der Waals surface area contributed by atoms with Gasteiger partial charge in [0, 0.05) is 43.5 Å². The van der Waals surface area contributed by atoms with E-state index >= 15 is 0 Å². The summed E-state index contributed by atoms with van der Waals surface area (Å²) in [5.41, 5.74) is -3.14. The first-order chi connectivity index (χ1) is 15.4. The Hall–Kier alpha value is -3.47. The molecule has 3 rings (SSSR count). The molecule has 2 aromatic heterocycles. The molecule has 0 aliphatic rings. The van der Waals surface area contributed by atoms with E-state index in [-0.39, 0.29) is 18.2 Å². The maximum absolute atomic E-state index is 12.8. The van der Waals surface area contributed by atoms with E-state index in [1.165, 1.54) is 36.2 Å². The fourth-order valence-electron chi connectivity index (χ4n) is 3.16. The normalized spacial score (nSPS) is 11.8. The predicted molar refractivity (Wildman–Crippen MR) is 117 cm³/mol. The fraction of sp³-hybridized carbons (Fsp3) is 0.333. The molecule has 0 aliphatic carbocycles. The van der Waals surface area contributed by atoms with Gasteiger partial charge in [-0.1, -0.05) is 13.8 Å². The highest BCUT2D eigenvalue weighted by molar-refractivity contribution is 6.20. The smallest absolute Gasteiger partial charge is 0.465 e. The average molecular weight is 482 g/mol. The van der Waals surface area contributed by atoms with Crippen LogP contribution in [0.3, 0.4) is 0 Å². The second kappa shape index (κ2) is 9.57. The number of nitrogens with zero attached hydrogens (tertiary/aromatic N) is 4. The molecule has 3 aromatic rings. The Balaban J connectivity index is 1.75. The number of ether oxygens (including phenoxy) is 1. The quantitative estimate of drug-likeness (QED) is 0.400. The number of pyridine rings is 1. The number of rotatable bonds is 9. The predicted octanol–water partition coefficient (Wildman–Crippen LogP) is 5.22. The van der Waals surface area contributed by atoms with E-state index in [2.05, 4.69) is 25.2 Å². The molecule has 0 saturated heterocycles. The van der Waals surface area contributed by atoms with Crippen molar-refractivity contribution < 1.29 is 27.8 Å². The zero-order valence-corrected chi connectivity index (χ0v) is 18.8. The fourth-order valence-corrected chi connectivity index (χ4v) is 3.25. The van der Waals surface area contributed by atoms with Crippen molar-refractivity contribution in [2.75, 3.05) is 18.9 Å². The van der Waals surface area contributed by atoms with Crippen molar-refractivity contribution in [3.8, 4) is 17.2 Å². The van der Waals surface area contributed by atoms with Crippen LogP contribution in [-0.4, -0.2) is 50.4 Å². The van der Waals surface area contributed by atoms with E-state index < -0.39 is 17.1 Å². The van der Waals surface area contributed by atoms with Crippen LogP contribution in [0.15, 0.2) is 47.0 Å². The monoisotopic (exact) mass is 481 g/mol. The van der Waals surface area contributed by atoms with Crippen LogP contribution in [0.5, 0.6) is 5.75 Å². The maximum Gasteiger partial charge on any atom is 0.487 e. The van der Waals surface area contributed by atoms with Gasteiger partial charge >= 0.3 is 11.7 Å². The molecule has 12 heteroatoms. The van der Waals surface area contributed by atoms with Crippen LogP contribution in [0.25, 0.3) is 11.5 Å². The Bertz CT molecular complexity index is 1100. The Labute approximate surface area is 193 Å². The minimum Gasteiger partial charge on any atom is -0.465 e. The van der Waals surface area contributed by atoms with Gasteiger partial charge < -0.3 is 24.5 Å². The van der Waals surface area contributed by atoms with Crippen molar-refractivity contribution in [2.24, 2.45) is 5.41 Å². The summed E-state index contributed by atoms with van der Waals surface area (Å²) in [5.74, 6) is 0.894. The second-order valence-electron chi connectivity index (χ2n) is 8.08. The molecule has 0 spiro atoms. The molecule has 0 fully saturated rings. The number of carbonyl (C=O) groups is 1. The Morgan fingerprint density at radius 2 is 1.94 bits per heavy atom. The van der Waals surface area contributed by atoms with Crippen LogP contribution in [0.4, 0.5) is 25.1 Å². The first-order valence-electron chi connectivity index (χ1n) is 9.76. The third-order valence-electron chi connectivity index (χ3n) is 4.48. The van der Waals surface area contributed by atoms with Crippen molar-refractivity contribution in [3.05, 3.63) is 48.5 Å². The van der Waals surface area contributed by atoms with E-state index in [1.54, 1.807) is 18.3 Å². The minimum absolute atomic E-state index is 0.0977. The van der Waals surface area contributed by atoms with Gasteiger partial charge in [0.25, 0.3) is 5.89 Å². The Kier molecular flexibility index (Phi) is 7.01. The molecule has 0 atom stereocenters. The average Bonchev–Trinajstić information content (AvgIpc) is 3.15. The third-order valence-corrected chi connectivity index (χ3v) is 4.55. The summed E-state index contributed by atoms with van der Waals surface area (Å²) < 4.78 is 35.6. The molecule has 9 nitrogen and oxygen atoms in total. The molecule has 2 N–H and O–H groups in total. The van der Waals surface area contributed by atoms with Gasteiger partial charge in [0.1, 0.15) is 11.6 Å². The largest absolute Gasteiger partial charge is 0.487 e. The first-order valence-corrected chi connectivity index (χ1v) is 10.1.